The van der Waals surface area contributed by atoms with Crippen molar-refractivity contribution in [1.82, 2.24) is 5.32 Å². The highest BCUT2D eigenvalue weighted by Crippen LogP contribution is 2.26. The molecule has 0 bridgehead atoms. The predicted octanol–water partition coefficient (Wildman–Crippen LogP) is 2.82. The van der Waals surface area contributed by atoms with Gasteiger partial charge in [-0.05, 0) is 30.4 Å². The molecule has 0 spiro atoms. The molecule has 1 atom stereocenters. The van der Waals surface area contributed by atoms with Gasteiger partial charge in [0.25, 0.3) is 0 Å². The lowest BCUT2D eigenvalue weighted by atomic mass is 10.1. The lowest BCUT2D eigenvalue weighted by Gasteiger charge is -2.13. The van der Waals surface area contributed by atoms with Gasteiger partial charge in [-0.15, -0.1) is 23.7 Å². The SMILES string of the molecule is Cc1csc(C(O)CNC(C)C)c1C.Cl. The van der Waals surface area contributed by atoms with Crippen molar-refractivity contribution in [3.05, 3.63) is 21.4 Å². The summed E-state index contributed by atoms with van der Waals surface area (Å²) in [7, 11) is 0. The zero-order valence-electron chi connectivity index (χ0n) is 9.70. The van der Waals surface area contributed by atoms with Gasteiger partial charge in [-0.3, -0.25) is 0 Å². The van der Waals surface area contributed by atoms with Crippen LogP contribution in [0.15, 0.2) is 5.38 Å². The number of thiophene rings is 1. The molecule has 0 aliphatic rings. The third-order valence-corrected chi connectivity index (χ3v) is 3.65. The second kappa shape index (κ2) is 6.48. The van der Waals surface area contributed by atoms with Gasteiger partial charge in [-0.1, -0.05) is 13.8 Å². The van der Waals surface area contributed by atoms with Crippen molar-refractivity contribution in [3.63, 3.8) is 0 Å². The highest BCUT2D eigenvalue weighted by molar-refractivity contribution is 7.10. The number of aliphatic hydroxyl groups is 1. The molecule has 4 heteroatoms. The molecule has 2 N–H and O–H groups in total. The maximum atomic E-state index is 9.91. The van der Waals surface area contributed by atoms with Crippen molar-refractivity contribution in [3.8, 4) is 0 Å². The van der Waals surface area contributed by atoms with E-state index in [1.807, 2.05) is 0 Å². The number of hydrogen-bond acceptors (Lipinski definition) is 3. The zero-order chi connectivity index (χ0) is 10.7. The molecule has 1 aromatic rings. The average Bonchev–Trinajstić information content (AvgIpc) is 2.44. The number of aliphatic hydroxyl groups excluding tert-OH is 1. The van der Waals surface area contributed by atoms with Crippen LogP contribution in [0.3, 0.4) is 0 Å². The fourth-order valence-electron chi connectivity index (χ4n) is 1.29. The van der Waals surface area contributed by atoms with Crippen LogP contribution in [0.1, 0.15) is 36.0 Å². The summed E-state index contributed by atoms with van der Waals surface area (Å²) >= 11 is 1.65. The summed E-state index contributed by atoms with van der Waals surface area (Å²) in [6.07, 6.45) is -0.365. The molecular formula is C11H20ClNOS. The molecule has 0 radical (unpaired) electrons. The summed E-state index contributed by atoms with van der Waals surface area (Å²) in [4.78, 5) is 1.09. The molecule has 0 amide bonds. The van der Waals surface area contributed by atoms with E-state index in [0.717, 1.165) is 4.88 Å². The van der Waals surface area contributed by atoms with Gasteiger partial charge in [-0.2, -0.15) is 0 Å². The van der Waals surface area contributed by atoms with Gasteiger partial charge in [0, 0.05) is 17.5 Å². The van der Waals surface area contributed by atoms with Crippen LogP contribution in [0.5, 0.6) is 0 Å². The Morgan fingerprint density at radius 3 is 2.40 bits per heavy atom. The van der Waals surface area contributed by atoms with E-state index in [4.69, 9.17) is 0 Å². The third kappa shape index (κ3) is 4.11. The standard InChI is InChI=1S/C11H19NOS.ClH/c1-7(2)12-5-10(13)11-9(4)8(3)6-14-11;/h6-7,10,12-13H,5H2,1-4H3;1H. The van der Waals surface area contributed by atoms with Crippen LogP contribution < -0.4 is 5.32 Å². The Balaban J connectivity index is 0.00000196. The lowest BCUT2D eigenvalue weighted by molar-refractivity contribution is 0.174. The monoisotopic (exact) mass is 249 g/mol. The van der Waals surface area contributed by atoms with Gasteiger partial charge in [0.1, 0.15) is 6.10 Å². The first-order chi connectivity index (χ1) is 6.52. The zero-order valence-corrected chi connectivity index (χ0v) is 11.3. The van der Waals surface area contributed by atoms with Gasteiger partial charge in [-0.25, -0.2) is 0 Å². The molecule has 1 unspecified atom stereocenters. The van der Waals surface area contributed by atoms with Gasteiger partial charge in [0.15, 0.2) is 0 Å². The Bertz CT molecular complexity index is 299. The van der Waals surface area contributed by atoms with Crippen LogP contribution in [0.2, 0.25) is 0 Å². The molecule has 15 heavy (non-hydrogen) atoms. The highest BCUT2D eigenvalue weighted by atomic mass is 35.5. The molecule has 0 saturated carbocycles. The average molecular weight is 250 g/mol. The molecule has 0 aliphatic carbocycles. The fraction of sp³-hybridized carbons (Fsp3) is 0.636. The number of rotatable bonds is 4. The van der Waals surface area contributed by atoms with Crippen LogP contribution >= 0.6 is 23.7 Å². The molecule has 0 aromatic carbocycles. The van der Waals surface area contributed by atoms with Crippen LogP contribution in [0.25, 0.3) is 0 Å². The summed E-state index contributed by atoms with van der Waals surface area (Å²) in [5, 5.41) is 15.2. The molecule has 1 aromatic heterocycles. The van der Waals surface area contributed by atoms with E-state index < -0.39 is 0 Å². The smallest absolute Gasteiger partial charge is 0.101 e. The van der Waals surface area contributed by atoms with Crippen molar-refractivity contribution in [2.24, 2.45) is 0 Å². The fourth-order valence-corrected chi connectivity index (χ4v) is 2.35. The Kier molecular flexibility index (Phi) is 6.44. The summed E-state index contributed by atoms with van der Waals surface area (Å²) < 4.78 is 0. The van der Waals surface area contributed by atoms with E-state index >= 15 is 0 Å². The summed E-state index contributed by atoms with van der Waals surface area (Å²) in [5.41, 5.74) is 2.50. The van der Waals surface area contributed by atoms with Crippen molar-refractivity contribution in [1.29, 1.82) is 0 Å². The minimum Gasteiger partial charge on any atom is -0.386 e. The Morgan fingerprint density at radius 1 is 1.40 bits per heavy atom. The molecule has 88 valence electrons. The minimum atomic E-state index is -0.365. The van der Waals surface area contributed by atoms with E-state index in [9.17, 15) is 5.11 Å². The van der Waals surface area contributed by atoms with E-state index in [2.05, 4.69) is 38.4 Å². The highest BCUT2D eigenvalue weighted by Gasteiger charge is 2.13. The van der Waals surface area contributed by atoms with Crippen LogP contribution in [-0.4, -0.2) is 17.7 Å². The maximum Gasteiger partial charge on any atom is 0.101 e. The first-order valence-electron chi connectivity index (χ1n) is 4.98. The number of hydrogen-bond donors (Lipinski definition) is 2. The van der Waals surface area contributed by atoms with Gasteiger partial charge in [0.05, 0.1) is 0 Å². The first-order valence-corrected chi connectivity index (χ1v) is 5.86. The van der Waals surface area contributed by atoms with Crippen molar-refractivity contribution in [2.45, 2.75) is 39.8 Å². The lowest BCUT2D eigenvalue weighted by Crippen LogP contribution is -2.27. The van der Waals surface area contributed by atoms with Gasteiger partial charge in [0.2, 0.25) is 0 Å². The quantitative estimate of drug-likeness (QED) is 0.860. The maximum absolute atomic E-state index is 9.91. The van der Waals surface area contributed by atoms with E-state index in [-0.39, 0.29) is 18.5 Å². The number of nitrogens with one attached hydrogen (secondary N) is 1. The predicted molar refractivity (Wildman–Crippen MR) is 69.1 cm³/mol. The Hall–Kier alpha value is -0.0900. The topological polar surface area (TPSA) is 32.3 Å². The van der Waals surface area contributed by atoms with Crippen LogP contribution in [-0.2, 0) is 0 Å². The second-order valence-electron chi connectivity index (χ2n) is 3.99. The molecule has 0 aliphatic heterocycles. The molecule has 0 fully saturated rings. The van der Waals surface area contributed by atoms with Crippen LogP contribution in [0.4, 0.5) is 0 Å². The van der Waals surface area contributed by atoms with E-state index in [0.29, 0.717) is 12.6 Å². The largest absolute Gasteiger partial charge is 0.386 e. The summed E-state index contributed by atoms with van der Waals surface area (Å²) in [6, 6.07) is 0.422. The minimum absolute atomic E-state index is 0. The normalized spacial score (nSPS) is 12.7. The molecule has 2 nitrogen and oxygen atoms in total. The van der Waals surface area contributed by atoms with Crippen molar-refractivity contribution < 1.29 is 5.11 Å². The molecule has 0 saturated heterocycles. The van der Waals surface area contributed by atoms with Crippen LogP contribution in [0, 0.1) is 13.8 Å². The second-order valence-corrected chi connectivity index (χ2v) is 4.90. The number of halogens is 1. The van der Waals surface area contributed by atoms with Crippen molar-refractivity contribution >= 4 is 23.7 Å². The van der Waals surface area contributed by atoms with E-state index in [1.54, 1.807) is 11.3 Å². The summed E-state index contributed by atoms with van der Waals surface area (Å²) in [5.74, 6) is 0. The molecule has 1 rings (SSSR count). The Morgan fingerprint density at radius 2 is 2.00 bits per heavy atom. The van der Waals surface area contributed by atoms with E-state index in [1.165, 1.54) is 11.1 Å². The molecular weight excluding hydrogens is 230 g/mol. The first kappa shape index (κ1) is 14.9. The Labute approximate surface area is 102 Å². The van der Waals surface area contributed by atoms with Gasteiger partial charge >= 0.3 is 0 Å². The summed E-state index contributed by atoms with van der Waals surface area (Å²) in [6.45, 7) is 8.95. The van der Waals surface area contributed by atoms with Gasteiger partial charge < -0.3 is 10.4 Å². The van der Waals surface area contributed by atoms with Crippen molar-refractivity contribution in [2.75, 3.05) is 6.54 Å². The third-order valence-electron chi connectivity index (χ3n) is 2.35. The molecule has 1 heterocycles. The number of aryl methyl sites for hydroxylation is 1.